The average molecular weight is 346 g/mol. The Bertz CT molecular complexity index is 755. The molecule has 0 aromatic heterocycles. The molecule has 1 unspecified atom stereocenters. The van der Waals surface area contributed by atoms with Gasteiger partial charge in [0.15, 0.2) is 0 Å². The summed E-state index contributed by atoms with van der Waals surface area (Å²) in [5.74, 6) is 0.840. The van der Waals surface area contributed by atoms with Gasteiger partial charge < -0.3 is 9.47 Å². The van der Waals surface area contributed by atoms with Crippen LogP contribution in [0.25, 0.3) is 0 Å². The van der Waals surface area contributed by atoms with Crippen LogP contribution in [0.3, 0.4) is 0 Å². The average Bonchev–Trinajstić information content (AvgIpc) is 2.73. The third-order valence-corrected chi connectivity index (χ3v) is 4.81. The van der Waals surface area contributed by atoms with Crippen LogP contribution in [-0.4, -0.2) is 13.2 Å². The number of ether oxygens (including phenoxy) is 2. The molecule has 0 bridgehead atoms. The van der Waals surface area contributed by atoms with Crippen LogP contribution in [0.1, 0.15) is 37.0 Å². The fourth-order valence-electron chi connectivity index (χ4n) is 3.26. The van der Waals surface area contributed by atoms with Gasteiger partial charge in [0.05, 0.1) is 13.2 Å². The molecule has 2 nitrogen and oxygen atoms in total. The second-order valence-corrected chi connectivity index (χ2v) is 6.48. The van der Waals surface area contributed by atoms with Gasteiger partial charge in [0.1, 0.15) is 11.4 Å². The minimum atomic E-state index is -0.662. The molecule has 134 valence electrons. The maximum Gasteiger partial charge on any atom is 0.144 e. The molecule has 0 aliphatic carbocycles. The number of rotatable bonds is 7. The molecule has 2 heteroatoms. The van der Waals surface area contributed by atoms with Gasteiger partial charge in [0, 0.05) is 0 Å². The molecule has 0 amide bonds. The molecule has 0 saturated carbocycles. The molecule has 3 aromatic carbocycles. The summed E-state index contributed by atoms with van der Waals surface area (Å²) >= 11 is 0. The van der Waals surface area contributed by atoms with E-state index in [0.717, 1.165) is 28.9 Å². The van der Waals surface area contributed by atoms with Crippen molar-refractivity contribution in [3.05, 3.63) is 102 Å². The van der Waals surface area contributed by atoms with E-state index < -0.39 is 5.60 Å². The molecule has 0 heterocycles. The lowest BCUT2D eigenvalue weighted by Gasteiger charge is -2.38. The Kier molecular flexibility index (Phi) is 5.75. The van der Waals surface area contributed by atoms with E-state index in [-0.39, 0.29) is 6.10 Å². The van der Waals surface area contributed by atoms with E-state index in [4.69, 9.17) is 9.47 Å². The Hall–Kier alpha value is -2.58. The van der Waals surface area contributed by atoms with Gasteiger partial charge in [0.25, 0.3) is 0 Å². The van der Waals surface area contributed by atoms with Crippen molar-refractivity contribution in [1.82, 2.24) is 0 Å². The van der Waals surface area contributed by atoms with E-state index >= 15 is 0 Å². The highest BCUT2D eigenvalue weighted by Gasteiger charge is 2.38. The molecule has 3 rings (SSSR count). The smallest absolute Gasteiger partial charge is 0.144 e. The van der Waals surface area contributed by atoms with Gasteiger partial charge in [-0.3, -0.25) is 0 Å². The predicted molar refractivity (Wildman–Crippen MR) is 107 cm³/mol. The SMILES string of the molecule is CCC(C)OC(c1ccccc1)(c1ccccc1)c1ccc(OC)cc1. The van der Waals surface area contributed by atoms with Crippen molar-refractivity contribution in [1.29, 1.82) is 0 Å². The Morgan fingerprint density at radius 1 is 0.731 bits per heavy atom. The molecule has 0 aliphatic rings. The highest BCUT2D eigenvalue weighted by atomic mass is 16.5. The second kappa shape index (κ2) is 8.20. The Labute approximate surface area is 156 Å². The topological polar surface area (TPSA) is 18.5 Å². The molecule has 3 aromatic rings. The predicted octanol–water partition coefficient (Wildman–Crippen LogP) is 5.80. The highest BCUT2D eigenvalue weighted by molar-refractivity contribution is 5.48. The van der Waals surface area contributed by atoms with Crippen LogP contribution in [0.15, 0.2) is 84.9 Å². The summed E-state index contributed by atoms with van der Waals surface area (Å²) in [4.78, 5) is 0. The number of hydrogen-bond donors (Lipinski definition) is 0. The van der Waals surface area contributed by atoms with Crippen molar-refractivity contribution >= 4 is 0 Å². The van der Waals surface area contributed by atoms with E-state index in [9.17, 15) is 0 Å². The van der Waals surface area contributed by atoms with Crippen molar-refractivity contribution in [3.63, 3.8) is 0 Å². The van der Waals surface area contributed by atoms with E-state index in [1.165, 1.54) is 0 Å². The zero-order chi connectivity index (χ0) is 18.4. The highest BCUT2D eigenvalue weighted by Crippen LogP contribution is 2.42. The lowest BCUT2D eigenvalue weighted by Crippen LogP contribution is -2.36. The van der Waals surface area contributed by atoms with Crippen molar-refractivity contribution in [2.75, 3.05) is 7.11 Å². The Morgan fingerprint density at radius 3 is 1.62 bits per heavy atom. The van der Waals surface area contributed by atoms with Crippen LogP contribution in [0.2, 0.25) is 0 Å². The minimum absolute atomic E-state index is 0.109. The summed E-state index contributed by atoms with van der Waals surface area (Å²) < 4.78 is 12.1. The van der Waals surface area contributed by atoms with E-state index in [0.29, 0.717) is 0 Å². The van der Waals surface area contributed by atoms with Crippen LogP contribution in [0.4, 0.5) is 0 Å². The molecule has 0 aliphatic heterocycles. The maximum atomic E-state index is 6.78. The summed E-state index contributed by atoms with van der Waals surface area (Å²) in [6.45, 7) is 4.28. The molecule has 0 saturated heterocycles. The Morgan fingerprint density at radius 2 is 1.19 bits per heavy atom. The molecular formula is C24H26O2. The molecule has 0 N–H and O–H groups in total. The summed E-state index contributed by atoms with van der Waals surface area (Å²) in [6.07, 6.45) is 1.05. The van der Waals surface area contributed by atoms with Gasteiger partial charge in [-0.15, -0.1) is 0 Å². The maximum absolute atomic E-state index is 6.78. The van der Waals surface area contributed by atoms with Crippen molar-refractivity contribution in [3.8, 4) is 5.75 Å². The third-order valence-electron chi connectivity index (χ3n) is 4.81. The standard InChI is InChI=1S/C24H26O2/c1-4-19(2)26-24(20-11-7-5-8-12-20,21-13-9-6-10-14-21)22-15-17-23(25-3)18-16-22/h5-19H,4H2,1-3H3. The van der Waals surface area contributed by atoms with E-state index in [2.05, 4.69) is 74.5 Å². The van der Waals surface area contributed by atoms with Crippen molar-refractivity contribution < 1.29 is 9.47 Å². The van der Waals surface area contributed by atoms with Crippen molar-refractivity contribution in [2.24, 2.45) is 0 Å². The molecule has 0 radical (unpaired) electrons. The van der Waals surface area contributed by atoms with Crippen LogP contribution >= 0.6 is 0 Å². The van der Waals surface area contributed by atoms with Gasteiger partial charge in [-0.2, -0.15) is 0 Å². The summed E-state index contributed by atoms with van der Waals surface area (Å²) in [6, 6.07) is 29.1. The van der Waals surface area contributed by atoms with Crippen LogP contribution in [0.5, 0.6) is 5.75 Å². The Balaban J connectivity index is 2.26. The molecule has 1 atom stereocenters. The summed E-state index contributed by atoms with van der Waals surface area (Å²) in [5, 5.41) is 0. The zero-order valence-electron chi connectivity index (χ0n) is 15.7. The third kappa shape index (κ3) is 3.51. The largest absolute Gasteiger partial charge is 0.497 e. The molecule has 0 spiro atoms. The fourth-order valence-corrected chi connectivity index (χ4v) is 3.26. The molecular weight excluding hydrogens is 320 g/mol. The van der Waals surface area contributed by atoms with Crippen LogP contribution < -0.4 is 4.74 Å². The summed E-state index contributed by atoms with van der Waals surface area (Å²) in [5.41, 5.74) is 2.67. The van der Waals surface area contributed by atoms with Crippen LogP contribution in [-0.2, 0) is 10.3 Å². The second-order valence-electron chi connectivity index (χ2n) is 6.48. The van der Waals surface area contributed by atoms with E-state index in [1.54, 1.807) is 7.11 Å². The number of methoxy groups -OCH3 is 1. The van der Waals surface area contributed by atoms with Gasteiger partial charge in [-0.05, 0) is 42.2 Å². The first-order valence-corrected chi connectivity index (χ1v) is 9.14. The first kappa shape index (κ1) is 18.2. The van der Waals surface area contributed by atoms with Gasteiger partial charge in [-0.25, -0.2) is 0 Å². The van der Waals surface area contributed by atoms with Crippen LogP contribution in [0, 0.1) is 0 Å². The number of benzene rings is 3. The van der Waals surface area contributed by atoms with Gasteiger partial charge >= 0.3 is 0 Å². The monoisotopic (exact) mass is 346 g/mol. The fraction of sp³-hybridized carbons (Fsp3) is 0.250. The molecule has 0 fully saturated rings. The van der Waals surface area contributed by atoms with Crippen molar-refractivity contribution in [2.45, 2.75) is 32.0 Å². The first-order valence-electron chi connectivity index (χ1n) is 9.14. The van der Waals surface area contributed by atoms with E-state index in [1.807, 2.05) is 24.3 Å². The summed E-state index contributed by atoms with van der Waals surface area (Å²) in [7, 11) is 1.69. The normalized spacial score (nSPS) is 12.6. The number of hydrogen-bond acceptors (Lipinski definition) is 2. The quantitative estimate of drug-likeness (QED) is 0.503. The first-order chi connectivity index (χ1) is 12.7. The lowest BCUT2D eigenvalue weighted by molar-refractivity contribution is -0.0397. The zero-order valence-corrected chi connectivity index (χ0v) is 15.7. The minimum Gasteiger partial charge on any atom is -0.497 e. The van der Waals surface area contributed by atoms with Gasteiger partial charge in [-0.1, -0.05) is 79.7 Å². The molecule has 26 heavy (non-hydrogen) atoms. The van der Waals surface area contributed by atoms with Gasteiger partial charge in [0.2, 0.25) is 0 Å². The lowest BCUT2D eigenvalue weighted by atomic mass is 9.80.